The average Bonchev–Trinajstić information content (AvgIpc) is 3.00. The number of likely N-dealkylation sites (N-methyl/N-ethyl adjacent to an activating group) is 1. The molecular formula is C17H31N3O. The number of carbonyl (C=O) groups is 1. The van der Waals surface area contributed by atoms with E-state index >= 15 is 0 Å². The lowest BCUT2D eigenvalue weighted by Gasteiger charge is -2.22. The maximum absolute atomic E-state index is 12.2. The van der Waals surface area contributed by atoms with Crippen molar-refractivity contribution in [3.63, 3.8) is 0 Å². The highest BCUT2D eigenvalue weighted by Gasteiger charge is 2.39. The molecule has 2 aliphatic carbocycles. The summed E-state index contributed by atoms with van der Waals surface area (Å²) in [6.45, 7) is 5.51. The number of rotatable bonds is 4. The van der Waals surface area contributed by atoms with Gasteiger partial charge in [0.15, 0.2) is 0 Å². The van der Waals surface area contributed by atoms with Crippen LogP contribution in [-0.4, -0.2) is 61.5 Å². The molecule has 4 nitrogen and oxygen atoms in total. The van der Waals surface area contributed by atoms with E-state index in [4.69, 9.17) is 0 Å². The molecule has 0 aromatic heterocycles. The normalized spacial score (nSPS) is 34.6. The summed E-state index contributed by atoms with van der Waals surface area (Å²) in [6, 6.07) is 0.486. The second-order valence-electron chi connectivity index (χ2n) is 7.35. The molecule has 1 heterocycles. The van der Waals surface area contributed by atoms with Crippen molar-refractivity contribution in [2.45, 2.75) is 51.0 Å². The third kappa shape index (κ3) is 3.98. The van der Waals surface area contributed by atoms with Gasteiger partial charge in [-0.2, -0.15) is 0 Å². The van der Waals surface area contributed by atoms with E-state index in [9.17, 15) is 4.79 Å². The lowest BCUT2D eigenvalue weighted by atomic mass is 9.97. The lowest BCUT2D eigenvalue weighted by Crippen LogP contribution is -2.39. The SMILES string of the molecule is CN1CCCN(CCC(=O)N[C@H]2CC[C@@H]3CCC[C@@H]32)CC1. The Kier molecular flexibility index (Phi) is 5.17. The zero-order valence-corrected chi connectivity index (χ0v) is 13.5. The Bertz CT molecular complexity index is 360. The summed E-state index contributed by atoms with van der Waals surface area (Å²) in [5.41, 5.74) is 0. The van der Waals surface area contributed by atoms with Crippen LogP contribution in [0.2, 0.25) is 0 Å². The highest BCUT2D eigenvalue weighted by molar-refractivity contribution is 5.76. The fourth-order valence-electron chi connectivity index (χ4n) is 4.60. The molecule has 2 saturated carbocycles. The predicted molar refractivity (Wildman–Crippen MR) is 85.2 cm³/mol. The van der Waals surface area contributed by atoms with Gasteiger partial charge in [-0.15, -0.1) is 0 Å². The Morgan fingerprint density at radius 3 is 2.86 bits per heavy atom. The van der Waals surface area contributed by atoms with Crippen LogP contribution in [0.5, 0.6) is 0 Å². The highest BCUT2D eigenvalue weighted by atomic mass is 16.1. The van der Waals surface area contributed by atoms with Crippen LogP contribution in [0.15, 0.2) is 0 Å². The van der Waals surface area contributed by atoms with E-state index in [2.05, 4.69) is 22.2 Å². The summed E-state index contributed by atoms with van der Waals surface area (Å²) in [7, 11) is 2.19. The van der Waals surface area contributed by atoms with Crippen LogP contribution < -0.4 is 5.32 Å². The van der Waals surface area contributed by atoms with Gasteiger partial charge < -0.3 is 15.1 Å². The molecular weight excluding hydrogens is 262 g/mol. The van der Waals surface area contributed by atoms with Crippen LogP contribution >= 0.6 is 0 Å². The largest absolute Gasteiger partial charge is 0.353 e. The summed E-state index contributed by atoms with van der Waals surface area (Å²) < 4.78 is 0. The second-order valence-corrected chi connectivity index (χ2v) is 7.35. The van der Waals surface area contributed by atoms with Gasteiger partial charge in [-0.25, -0.2) is 0 Å². The standard InChI is InChI=1S/C17H31N3O/c1-19-9-3-10-20(13-12-19)11-8-17(21)18-16-7-6-14-4-2-5-15(14)16/h14-16H,2-13H2,1H3,(H,18,21)/t14-,15-,16-/m0/s1. The molecule has 3 fully saturated rings. The fourth-order valence-corrected chi connectivity index (χ4v) is 4.60. The summed E-state index contributed by atoms with van der Waals surface area (Å²) >= 11 is 0. The fraction of sp³-hybridized carbons (Fsp3) is 0.941. The smallest absolute Gasteiger partial charge is 0.221 e. The Balaban J connectivity index is 1.38. The van der Waals surface area contributed by atoms with Gasteiger partial charge in [-0.1, -0.05) is 12.8 Å². The van der Waals surface area contributed by atoms with E-state index in [1.165, 1.54) is 45.1 Å². The van der Waals surface area contributed by atoms with Gasteiger partial charge in [0, 0.05) is 32.1 Å². The molecule has 1 saturated heterocycles. The number of fused-ring (bicyclic) bond motifs is 1. The van der Waals surface area contributed by atoms with Gasteiger partial charge in [0.05, 0.1) is 0 Å². The van der Waals surface area contributed by atoms with Gasteiger partial charge in [0.1, 0.15) is 0 Å². The number of hydrogen-bond donors (Lipinski definition) is 1. The number of hydrogen-bond acceptors (Lipinski definition) is 3. The maximum atomic E-state index is 12.2. The Labute approximate surface area is 129 Å². The van der Waals surface area contributed by atoms with E-state index in [1.807, 2.05) is 0 Å². The molecule has 0 aromatic rings. The lowest BCUT2D eigenvalue weighted by molar-refractivity contribution is -0.122. The number of amides is 1. The minimum absolute atomic E-state index is 0.283. The van der Waals surface area contributed by atoms with Gasteiger partial charge in [0.2, 0.25) is 5.91 Å². The summed E-state index contributed by atoms with van der Waals surface area (Å²) in [5, 5.41) is 3.34. The van der Waals surface area contributed by atoms with Crippen molar-refractivity contribution in [3.05, 3.63) is 0 Å². The number of nitrogens with zero attached hydrogens (tertiary/aromatic N) is 2. The number of carbonyl (C=O) groups excluding carboxylic acids is 1. The topological polar surface area (TPSA) is 35.6 Å². The van der Waals surface area contributed by atoms with Crippen molar-refractivity contribution in [2.75, 3.05) is 39.8 Å². The van der Waals surface area contributed by atoms with Gasteiger partial charge in [-0.3, -0.25) is 4.79 Å². The van der Waals surface area contributed by atoms with Gasteiger partial charge in [0.25, 0.3) is 0 Å². The Hall–Kier alpha value is -0.610. The molecule has 0 bridgehead atoms. The molecule has 0 unspecified atom stereocenters. The minimum Gasteiger partial charge on any atom is -0.353 e. The molecule has 3 rings (SSSR count). The summed E-state index contributed by atoms with van der Waals surface area (Å²) in [4.78, 5) is 17.1. The van der Waals surface area contributed by atoms with Crippen LogP contribution in [0, 0.1) is 11.8 Å². The first-order valence-corrected chi connectivity index (χ1v) is 8.92. The second kappa shape index (κ2) is 7.10. The van der Waals surface area contributed by atoms with Crippen LogP contribution in [0.25, 0.3) is 0 Å². The van der Waals surface area contributed by atoms with Crippen molar-refractivity contribution < 1.29 is 4.79 Å². The van der Waals surface area contributed by atoms with E-state index in [0.29, 0.717) is 12.5 Å². The van der Waals surface area contributed by atoms with Crippen LogP contribution in [-0.2, 0) is 4.79 Å². The molecule has 21 heavy (non-hydrogen) atoms. The van der Waals surface area contributed by atoms with Crippen LogP contribution in [0.3, 0.4) is 0 Å². The minimum atomic E-state index is 0.283. The van der Waals surface area contributed by atoms with E-state index in [0.717, 1.165) is 38.0 Å². The molecule has 1 aliphatic heterocycles. The van der Waals surface area contributed by atoms with Crippen molar-refractivity contribution in [2.24, 2.45) is 11.8 Å². The van der Waals surface area contributed by atoms with E-state index < -0.39 is 0 Å². The first kappa shape index (κ1) is 15.3. The molecule has 3 atom stereocenters. The molecule has 120 valence electrons. The summed E-state index contributed by atoms with van der Waals surface area (Å²) in [5.74, 6) is 1.99. The average molecular weight is 293 g/mol. The third-order valence-corrected chi connectivity index (χ3v) is 5.90. The first-order chi connectivity index (χ1) is 10.2. The van der Waals surface area contributed by atoms with Crippen molar-refractivity contribution >= 4 is 5.91 Å². The zero-order chi connectivity index (χ0) is 14.7. The first-order valence-electron chi connectivity index (χ1n) is 8.92. The predicted octanol–water partition coefficient (Wildman–Crippen LogP) is 1.71. The quantitative estimate of drug-likeness (QED) is 0.857. The zero-order valence-electron chi connectivity index (χ0n) is 13.5. The van der Waals surface area contributed by atoms with E-state index in [-0.39, 0.29) is 5.91 Å². The molecule has 1 amide bonds. The van der Waals surface area contributed by atoms with Crippen molar-refractivity contribution in [1.82, 2.24) is 15.1 Å². The van der Waals surface area contributed by atoms with E-state index in [1.54, 1.807) is 0 Å². The molecule has 0 radical (unpaired) electrons. The highest BCUT2D eigenvalue weighted by Crippen LogP contribution is 2.43. The van der Waals surface area contributed by atoms with Crippen molar-refractivity contribution in [1.29, 1.82) is 0 Å². The third-order valence-electron chi connectivity index (χ3n) is 5.90. The molecule has 3 aliphatic rings. The molecule has 0 aromatic carbocycles. The van der Waals surface area contributed by atoms with Crippen LogP contribution in [0.1, 0.15) is 44.9 Å². The Morgan fingerprint density at radius 2 is 1.95 bits per heavy atom. The maximum Gasteiger partial charge on any atom is 0.221 e. The number of nitrogens with one attached hydrogen (secondary N) is 1. The van der Waals surface area contributed by atoms with Crippen LogP contribution in [0.4, 0.5) is 0 Å². The van der Waals surface area contributed by atoms with Crippen molar-refractivity contribution in [3.8, 4) is 0 Å². The summed E-state index contributed by atoms with van der Waals surface area (Å²) in [6.07, 6.45) is 8.58. The molecule has 1 N–H and O–H groups in total. The monoisotopic (exact) mass is 293 g/mol. The molecule has 4 heteroatoms. The van der Waals surface area contributed by atoms with Gasteiger partial charge >= 0.3 is 0 Å². The Morgan fingerprint density at radius 1 is 1.05 bits per heavy atom. The van der Waals surface area contributed by atoms with Gasteiger partial charge in [-0.05, 0) is 57.7 Å². The molecule has 0 spiro atoms.